The maximum atomic E-state index is 12.1. The first kappa shape index (κ1) is 16.0. The summed E-state index contributed by atoms with van der Waals surface area (Å²) in [5.41, 5.74) is 2.46. The third-order valence-corrected chi connectivity index (χ3v) is 3.31. The van der Waals surface area contributed by atoms with Crippen LogP contribution in [-0.2, 0) is 16.0 Å². The molecule has 1 amide bonds. The van der Waals surface area contributed by atoms with Crippen molar-refractivity contribution >= 4 is 17.5 Å². The number of rotatable bonds is 8. The van der Waals surface area contributed by atoms with E-state index in [2.05, 4.69) is 19.1 Å². The molecule has 0 unspecified atom stereocenters. The lowest BCUT2D eigenvalue weighted by atomic mass is 10.0. The van der Waals surface area contributed by atoms with Gasteiger partial charge in [-0.15, -0.1) is 11.6 Å². The molecule has 0 aromatic heterocycles. The highest BCUT2D eigenvalue weighted by Gasteiger charge is 2.12. The lowest BCUT2D eigenvalue weighted by molar-refractivity contribution is -0.131. The normalized spacial score (nSPS) is 10.5. The Balaban J connectivity index is 2.50. The third-order valence-electron chi connectivity index (χ3n) is 3.14. The highest BCUT2D eigenvalue weighted by atomic mass is 35.5. The lowest BCUT2D eigenvalue weighted by Crippen LogP contribution is -2.35. The molecule has 0 aliphatic carbocycles. The number of carbonyl (C=O) groups is 1. The van der Waals surface area contributed by atoms with Gasteiger partial charge in [0.2, 0.25) is 5.91 Å². The van der Waals surface area contributed by atoms with Gasteiger partial charge in [0.25, 0.3) is 0 Å². The van der Waals surface area contributed by atoms with E-state index in [1.165, 1.54) is 11.1 Å². The molecule has 1 aromatic carbocycles. The summed E-state index contributed by atoms with van der Waals surface area (Å²) >= 11 is 5.73. The topological polar surface area (TPSA) is 29.5 Å². The SMILES string of the molecule is COCCN(CCCl)C(=O)CCc1ccccc1C. The molecule has 0 saturated carbocycles. The van der Waals surface area contributed by atoms with Crippen molar-refractivity contribution in [2.24, 2.45) is 0 Å². The van der Waals surface area contributed by atoms with E-state index in [-0.39, 0.29) is 5.91 Å². The molecule has 1 aromatic rings. The zero-order valence-corrected chi connectivity index (χ0v) is 12.4. The molecule has 4 heteroatoms. The number of ether oxygens (including phenoxy) is 1. The van der Waals surface area contributed by atoms with Crippen LogP contribution < -0.4 is 0 Å². The Kier molecular flexibility index (Phi) is 7.53. The lowest BCUT2D eigenvalue weighted by Gasteiger charge is -2.21. The predicted molar refractivity (Wildman–Crippen MR) is 78.7 cm³/mol. The first-order valence-corrected chi connectivity index (χ1v) is 7.09. The second-order valence-corrected chi connectivity index (χ2v) is 4.87. The largest absolute Gasteiger partial charge is 0.383 e. The van der Waals surface area contributed by atoms with Crippen molar-refractivity contribution in [3.05, 3.63) is 35.4 Å². The Bertz CT molecular complexity index is 395. The number of aryl methyl sites for hydroxylation is 2. The van der Waals surface area contributed by atoms with Crippen molar-refractivity contribution in [2.45, 2.75) is 19.8 Å². The number of hydrogen-bond acceptors (Lipinski definition) is 2. The minimum atomic E-state index is 0.140. The molecule has 0 radical (unpaired) electrons. The van der Waals surface area contributed by atoms with Gasteiger partial charge in [0, 0.05) is 32.5 Å². The van der Waals surface area contributed by atoms with Gasteiger partial charge in [-0.1, -0.05) is 24.3 Å². The Morgan fingerprint density at radius 2 is 2.05 bits per heavy atom. The van der Waals surface area contributed by atoms with E-state index in [0.29, 0.717) is 32.0 Å². The van der Waals surface area contributed by atoms with Gasteiger partial charge >= 0.3 is 0 Å². The molecule has 0 saturated heterocycles. The average Bonchev–Trinajstić information content (AvgIpc) is 2.42. The number of halogens is 1. The van der Waals surface area contributed by atoms with Gasteiger partial charge in [0.05, 0.1) is 6.61 Å². The van der Waals surface area contributed by atoms with Crippen LogP contribution >= 0.6 is 11.6 Å². The fraction of sp³-hybridized carbons (Fsp3) is 0.533. The highest BCUT2D eigenvalue weighted by Crippen LogP contribution is 2.10. The Hall–Kier alpha value is -1.06. The first-order valence-electron chi connectivity index (χ1n) is 6.56. The second-order valence-electron chi connectivity index (χ2n) is 4.49. The molecule has 19 heavy (non-hydrogen) atoms. The van der Waals surface area contributed by atoms with Crippen LogP contribution in [0.5, 0.6) is 0 Å². The van der Waals surface area contributed by atoms with Gasteiger partial charge in [-0.3, -0.25) is 4.79 Å². The van der Waals surface area contributed by atoms with Gasteiger partial charge in [0.15, 0.2) is 0 Å². The standard InChI is InChI=1S/C15H22ClNO2/c1-13-5-3-4-6-14(13)7-8-15(18)17(10-9-16)11-12-19-2/h3-6H,7-12H2,1-2H3. The van der Waals surface area contributed by atoms with Crippen LogP contribution in [-0.4, -0.2) is 43.5 Å². The monoisotopic (exact) mass is 283 g/mol. The fourth-order valence-electron chi connectivity index (χ4n) is 1.96. The van der Waals surface area contributed by atoms with Crippen molar-refractivity contribution in [1.82, 2.24) is 4.90 Å². The molecule has 106 valence electrons. The number of benzene rings is 1. The summed E-state index contributed by atoms with van der Waals surface area (Å²) in [5, 5.41) is 0. The molecule has 0 aliphatic rings. The highest BCUT2D eigenvalue weighted by molar-refractivity contribution is 6.18. The van der Waals surface area contributed by atoms with Crippen LogP contribution in [0.1, 0.15) is 17.5 Å². The van der Waals surface area contributed by atoms with E-state index in [4.69, 9.17) is 16.3 Å². The summed E-state index contributed by atoms with van der Waals surface area (Å²) in [4.78, 5) is 13.9. The summed E-state index contributed by atoms with van der Waals surface area (Å²) in [6.07, 6.45) is 1.29. The predicted octanol–water partition coefficient (Wildman–Crippen LogP) is 2.64. The van der Waals surface area contributed by atoms with Crippen molar-refractivity contribution in [3.8, 4) is 0 Å². The van der Waals surface area contributed by atoms with Crippen molar-refractivity contribution in [2.75, 3.05) is 32.7 Å². The van der Waals surface area contributed by atoms with Gasteiger partial charge < -0.3 is 9.64 Å². The molecule has 0 spiro atoms. The number of carbonyl (C=O) groups excluding carboxylic acids is 1. The number of methoxy groups -OCH3 is 1. The van der Waals surface area contributed by atoms with Crippen LogP contribution in [0.15, 0.2) is 24.3 Å². The van der Waals surface area contributed by atoms with E-state index in [9.17, 15) is 4.79 Å². The van der Waals surface area contributed by atoms with Crippen LogP contribution in [0.25, 0.3) is 0 Å². The van der Waals surface area contributed by atoms with Gasteiger partial charge in [-0.2, -0.15) is 0 Å². The zero-order valence-electron chi connectivity index (χ0n) is 11.7. The molecule has 0 bridgehead atoms. The van der Waals surface area contributed by atoms with Crippen LogP contribution in [0.4, 0.5) is 0 Å². The summed E-state index contributed by atoms with van der Waals surface area (Å²) < 4.78 is 5.01. The zero-order chi connectivity index (χ0) is 14.1. The van der Waals surface area contributed by atoms with E-state index in [1.54, 1.807) is 12.0 Å². The van der Waals surface area contributed by atoms with E-state index in [1.807, 2.05) is 12.1 Å². The Morgan fingerprint density at radius 1 is 1.32 bits per heavy atom. The molecule has 0 fully saturated rings. The maximum Gasteiger partial charge on any atom is 0.223 e. The van der Waals surface area contributed by atoms with E-state index >= 15 is 0 Å². The van der Waals surface area contributed by atoms with E-state index in [0.717, 1.165) is 6.42 Å². The second kappa shape index (κ2) is 8.94. The minimum Gasteiger partial charge on any atom is -0.383 e. The quantitative estimate of drug-likeness (QED) is 0.687. The molecule has 0 heterocycles. The summed E-state index contributed by atoms with van der Waals surface area (Å²) in [5.74, 6) is 0.598. The molecular formula is C15H22ClNO2. The number of amides is 1. The Morgan fingerprint density at radius 3 is 2.68 bits per heavy atom. The van der Waals surface area contributed by atoms with Crippen LogP contribution in [0.3, 0.4) is 0 Å². The number of nitrogens with zero attached hydrogens (tertiary/aromatic N) is 1. The summed E-state index contributed by atoms with van der Waals surface area (Å²) in [7, 11) is 1.64. The fourth-order valence-corrected chi connectivity index (χ4v) is 2.16. The smallest absolute Gasteiger partial charge is 0.223 e. The van der Waals surface area contributed by atoms with Crippen LogP contribution in [0, 0.1) is 6.92 Å². The van der Waals surface area contributed by atoms with E-state index < -0.39 is 0 Å². The van der Waals surface area contributed by atoms with Crippen molar-refractivity contribution in [3.63, 3.8) is 0 Å². The molecule has 0 atom stereocenters. The molecular weight excluding hydrogens is 262 g/mol. The summed E-state index contributed by atoms with van der Waals surface area (Å²) in [6.45, 7) is 3.81. The van der Waals surface area contributed by atoms with Gasteiger partial charge in [0.1, 0.15) is 0 Å². The van der Waals surface area contributed by atoms with Gasteiger partial charge in [-0.25, -0.2) is 0 Å². The molecule has 3 nitrogen and oxygen atoms in total. The maximum absolute atomic E-state index is 12.1. The molecule has 0 aliphatic heterocycles. The van der Waals surface area contributed by atoms with Crippen molar-refractivity contribution in [1.29, 1.82) is 0 Å². The Labute approximate surface area is 120 Å². The summed E-state index contributed by atoms with van der Waals surface area (Å²) in [6, 6.07) is 8.16. The average molecular weight is 284 g/mol. The number of hydrogen-bond donors (Lipinski definition) is 0. The third kappa shape index (κ3) is 5.62. The van der Waals surface area contributed by atoms with Gasteiger partial charge in [-0.05, 0) is 24.5 Å². The molecule has 0 N–H and O–H groups in total. The molecule has 1 rings (SSSR count). The van der Waals surface area contributed by atoms with Crippen molar-refractivity contribution < 1.29 is 9.53 Å². The number of alkyl halides is 1. The first-order chi connectivity index (χ1) is 9.19. The minimum absolute atomic E-state index is 0.140. The van der Waals surface area contributed by atoms with Crippen LogP contribution in [0.2, 0.25) is 0 Å².